The van der Waals surface area contributed by atoms with Gasteiger partial charge in [0.25, 0.3) is 0 Å². The molecule has 1 amide bonds. The van der Waals surface area contributed by atoms with Gasteiger partial charge in [0.15, 0.2) is 12.1 Å². The van der Waals surface area contributed by atoms with Crippen molar-refractivity contribution in [1.82, 2.24) is 14.9 Å². The maximum Gasteiger partial charge on any atom is 0.241 e. The number of nitrogens with one attached hydrogen (secondary N) is 2. The molecule has 5 aromatic rings. The van der Waals surface area contributed by atoms with E-state index in [2.05, 4.69) is 21.0 Å². The van der Waals surface area contributed by atoms with Gasteiger partial charge in [-0.25, -0.2) is 8.42 Å². The predicted octanol–water partition coefficient (Wildman–Crippen LogP) is 6.74. The van der Waals surface area contributed by atoms with Crippen LogP contribution in [-0.2, 0) is 53.3 Å². The van der Waals surface area contributed by atoms with Gasteiger partial charge in [-0.05, 0) is 71.0 Å². The molecule has 3 aliphatic rings. The molecule has 3 fully saturated rings. The second-order valence-electron chi connectivity index (χ2n) is 16.0. The maximum absolute atomic E-state index is 13.7. The van der Waals surface area contributed by atoms with Crippen molar-refractivity contribution in [2.45, 2.75) is 81.0 Å². The predicted molar refractivity (Wildman–Crippen MR) is 228 cm³/mol. The van der Waals surface area contributed by atoms with Crippen LogP contribution in [0, 0.1) is 6.92 Å². The largest absolute Gasteiger partial charge is 0.392 e. The third-order valence-corrected chi connectivity index (χ3v) is 13.1. The van der Waals surface area contributed by atoms with E-state index >= 15 is 0 Å². The molecular weight excluding hydrogens is 779 g/mol. The second-order valence-corrected chi connectivity index (χ2v) is 17.7. The summed E-state index contributed by atoms with van der Waals surface area (Å²) in [5.74, 6) is -0.865. The zero-order chi connectivity index (χ0) is 41.5. The Morgan fingerprint density at radius 1 is 0.783 bits per heavy atom. The van der Waals surface area contributed by atoms with Crippen LogP contribution in [0.25, 0.3) is 11.1 Å². The molecular formula is C48H53N3O8S. The number of sulfonamides is 1. The van der Waals surface area contributed by atoms with Gasteiger partial charge in [0.2, 0.25) is 15.9 Å². The van der Waals surface area contributed by atoms with E-state index in [9.17, 15) is 18.3 Å². The summed E-state index contributed by atoms with van der Waals surface area (Å²) in [5.41, 5.74) is 7.33. The van der Waals surface area contributed by atoms with Gasteiger partial charge in [-0.2, -0.15) is 4.72 Å². The summed E-state index contributed by atoms with van der Waals surface area (Å²) in [6, 6.07) is 38.9. The first-order chi connectivity index (χ1) is 29.1. The van der Waals surface area contributed by atoms with Crippen molar-refractivity contribution >= 4 is 15.9 Å². The summed E-state index contributed by atoms with van der Waals surface area (Å²) in [7, 11) is -3.97. The number of nitrogens with zero attached hydrogens (tertiary/aromatic N) is 1. The minimum absolute atomic E-state index is 0.0186. The standard InChI is InChI=1S/C48H53N3O8S/c1-34-13-19-43(20-14-34)60(54,55)50-44(28-35-7-3-2-4-8-35)46(53)49-31-37-9-5-10-39(27-37)40-11-6-12-41(29-40)47-58-42(30-45(59-47)38-17-15-36(33-52)16-18-38)32-51-23-21-48(22-24-51)56-25-26-57-48/h2-20,27,29,42,44-45,47,50,52H,21-26,28,30-33H2,1H3,(H,49,53)/t42-,44+,45+,47+/m0/s1. The third kappa shape index (κ3) is 10.4. The van der Waals surface area contributed by atoms with Gasteiger partial charge in [0, 0.05) is 51.0 Å². The summed E-state index contributed by atoms with van der Waals surface area (Å²) >= 11 is 0. The normalized spacial score (nSPS) is 21.1. The Morgan fingerprint density at radius 2 is 1.47 bits per heavy atom. The minimum Gasteiger partial charge on any atom is -0.392 e. The van der Waals surface area contributed by atoms with Gasteiger partial charge in [0.05, 0.1) is 36.9 Å². The fraction of sp³-hybridized carbons (Fsp3) is 0.354. The fourth-order valence-corrected chi connectivity index (χ4v) is 9.43. The first-order valence-corrected chi connectivity index (χ1v) is 22.2. The number of likely N-dealkylation sites (tertiary alicyclic amines) is 1. The summed E-state index contributed by atoms with van der Waals surface area (Å²) in [6.45, 7) is 5.86. The monoisotopic (exact) mass is 831 g/mol. The summed E-state index contributed by atoms with van der Waals surface area (Å²) < 4.78 is 54.8. The number of aryl methyl sites for hydroxylation is 1. The summed E-state index contributed by atoms with van der Waals surface area (Å²) in [5, 5.41) is 12.6. The van der Waals surface area contributed by atoms with Crippen LogP contribution < -0.4 is 10.0 Å². The van der Waals surface area contributed by atoms with Crippen LogP contribution in [0.5, 0.6) is 0 Å². The van der Waals surface area contributed by atoms with Gasteiger partial charge < -0.3 is 34.3 Å². The minimum atomic E-state index is -3.97. The number of amides is 1. The van der Waals surface area contributed by atoms with E-state index < -0.39 is 34.0 Å². The number of hydrogen-bond acceptors (Lipinski definition) is 9. The molecule has 60 heavy (non-hydrogen) atoms. The van der Waals surface area contributed by atoms with Crippen LogP contribution in [-0.4, -0.2) is 75.1 Å². The molecule has 0 unspecified atom stereocenters. The highest BCUT2D eigenvalue weighted by Crippen LogP contribution is 2.40. The second kappa shape index (κ2) is 18.9. The first-order valence-electron chi connectivity index (χ1n) is 20.7. The molecule has 5 aromatic carbocycles. The first kappa shape index (κ1) is 42.0. The molecule has 0 radical (unpaired) electrons. The highest BCUT2D eigenvalue weighted by molar-refractivity contribution is 7.89. The van der Waals surface area contributed by atoms with Gasteiger partial charge in [-0.15, -0.1) is 0 Å². The van der Waals surface area contributed by atoms with Crippen LogP contribution in [0.2, 0.25) is 0 Å². The Hall–Kier alpha value is -4.76. The Morgan fingerprint density at radius 3 is 2.18 bits per heavy atom. The van der Waals surface area contributed by atoms with Crippen molar-refractivity contribution in [3.8, 4) is 11.1 Å². The van der Waals surface area contributed by atoms with E-state index in [1.165, 1.54) is 0 Å². The van der Waals surface area contributed by atoms with E-state index in [0.29, 0.717) is 19.6 Å². The number of hydrogen-bond donors (Lipinski definition) is 3. The number of aliphatic hydroxyl groups is 1. The van der Waals surface area contributed by atoms with Crippen LogP contribution >= 0.6 is 0 Å². The van der Waals surface area contributed by atoms with E-state index in [4.69, 9.17) is 18.9 Å². The van der Waals surface area contributed by atoms with Crippen molar-refractivity contribution in [2.24, 2.45) is 0 Å². The quantitative estimate of drug-likeness (QED) is 0.111. The molecule has 3 aliphatic heterocycles. The van der Waals surface area contributed by atoms with Crippen LogP contribution in [0.15, 0.2) is 132 Å². The topological polar surface area (TPSA) is 136 Å². The van der Waals surface area contributed by atoms with Gasteiger partial charge in [-0.3, -0.25) is 4.79 Å². The maximum atomic E-state index is 13.7. The van der Waals surface area contributed by atoms with E-state index in [-0.39, 0.29) is 36.7 Å². The van der Waals surface area contributed by atoms with Crippen molar-refractivity contribution in [3.63, 3.8) is 0 Å². The van der Waals surface area contributed by atoms with Gasteiger partial charge in [-0.1, -0.05) is 109 Å². The zero-order valence-corrected chi connectivity index (χ0v) is 34.7. The highest BCUT2D eigenvalue weighted by Gasteiger charge is 2.41. The Labute approximate surface area is 352 Å². The zero-order valence-electron chi connectivity index (χ0n) is 33.9. The van der Waals surface area contributed by atoms with Crippen LogP contribution in [0.4, 0.5) is 0 Å². The number of piperidine rings is 1. The van der Waals surface area contributed by atoms with Gasteiger partial charge >= 0.3 is 0 Å². The average Bonchev–Trinajstić information content (AvgIpc) is 3.74. The molecule has 1 spiro atoms. The highest BCUT2D eigenvalue weighted by atomic mass is 32.2. The molecule has 3 saturated heterocycles. The lowest BCUT2D eigenvalue weighted by Gasteiger charge is -2.41. The summed E-state index contributed by atoms with van der Waals surface area (Å²) in [4.78, 5) is 16.3. The van der Waals surface area contributed by atoms with E-state index in [1.54, 1.807) is 24.3 Å². The number of benzene rings is 5. The summed E-state index contributed by atoms with van der Waals surface area (Å²) in [6.07, 6.45) is 1.63. The number of rotatable bonds is 14. The van der Waals surface area contributed by atoms with Crippen molar-refractivity contribution in [1.29, 1.82) is 0 Å². The van der Waals surface area contributed by atoms with Crippen molar-refractivity contribution in [2.75, 3.05) is 32.8 Å². The fourth-order valence-electron chi connectivity index (χ4n) is 8.23. The molecule has 0 aromatic heterocycles. The lowest BCUT2D eigenvalue weighted by Crippen LogP contribution is -2.48. The third-order valence-electron chi connectivity index (χ3n) is 11.6. The number of aliphatic hydroxyl groups excluding tert-OH is 1. The van der Waals surface area contributed by atoms with Crippen LogP contribution in [0.3, 0.4) is 0 Å². The lowest BCUT2D eigenvalue weighted by atomic mass is 9.97. The molecule has 0 saturated carbocycles. The molecule has 12 heteroatoms. The molecule has 8 rings (SSSR count). The molecule has 3 N–H and O–H groups in total. The average molecular weight is 832 g/mol. The molecule has 4 atom stereocenters. The van der Waals surface area contributed by atoms with Crippen molar-refractivity contribution < 1.29 is 37.3 Å². The molecule has 0 bridgehead atoms. The Kier molecular flexibility index (Phi) is 13.2. The number of carbonyl (C=O) groups excluding carboxylic acids is 1. The van der Waals surface area contributed by atoms with Crippen molar-refractivity contribution in [3.05, 3.63) is 161 Å². The van der Waals surface area contributed by atoms with E-state index in [1.807, 2.05) is 104 Å². The molecule has 0 aliphatic carbocycles. The van der Waals surface area contributed by atoms with E-state index in [0.717, 1.165) is 77.0 Å². The van der Waals surface area contributed by atoms with Gasteiger partial charge in [0.1, 0.15) is 6.04 Å². The smallest absolute Gasteiger partial charge is 0.241 e. The molecule has 314 valence electrons. The molecule has 3 heterocycles. The SMILES string of the molecule is Cc1ccc(S(=O)(=O)N[C@H](Cc2ccccc2)C(=O)NCc2cccc(-c3cccc([C@@H]4O[C@H](CN5CCC6(CC5)OCCO6)C[C@H](c5ccc(CO)cc5)O4)c3)c2)cc1. The number of ether oxygens (including phenoxy) is 4. The van der Waals surface area contributed by atoms with Crippen LogP contribution in [0.1, 0.15) is 65.0 Å². The Balaban J connectivity index is 0.965. The lowest BCUT2D eigenvalue weighted by molar-refractivity contribution is -0.255. The molecule has 11 nitrogen and oxygen atoms in total. The Bertz CT molecular complexity index is 2310. The number of carbonyl (C=O) groups is 1.